The average molecular weight is 435 g/mol. The summed E-state index contributed by atoms with van der Waals surface area (Å²) in [5, 5.41) is 0. The summed E-state index contributed by atoms with van der Waals surface area (Å²) < 4.78 is 45.6. The van der Waals surface area contributed by atoms with E-state index in [0.29, 0.717) is 56.6 Å². The number of morpholine rings is 1. The molecule has 0 saturated carbocycles. The standard InChI is InChI=1S/C20H24F3N7O/c1-14-3-4-15(9-24-14)10-28(2)11-16-26-18(29-5-7-31-8-6-29)17-19(27-16)30(13-25-17)12-20(21,22)23/h3-4,9,13H,5-8,10-12H2,1-2H3. The third-order valence-electron chi connectivity index (χ3n) is 4.99. The van der Waals surface area contributed by atoms with Gasteiger partial charge in [0.15, 0.2) is 17.0 Å². The lowest BCUT2D eigenvalue weighted by molar-refractivity contribution is -0.140. The second-order valence-corrected chi connectivity index (χ2v) is 7.70. The van der Waals surface area contributed by atoms with Gasteiger partial charge in [0.2, 0.25) is 0 Å². The zero-order valence-corrected chi connectivity index (χ0v) is 17.4. The molecule has 0 spiro atoms. The fourth-order valence-corrected chi connectivity index (χ4v) is 3.55. The highest BCUT2D eigenvalue weighted by Crippen LogP contribution is 2.26. The van der Waals surface area contributed by atoms with E-state index in [1.807, 2.05) is 42.1 Å². The number of halogens is 3. The molecule has 1 aliphatic heterocycles. The number of alkyl halides is 3. The zero-order valence-electron chi connectivity index (χ0n) is 17.4. The molecule has 3 aromatic rings. The minimum Gasteiger partial charge on any atom is -0.378 e. The highest BCUT2D eigenvalue weighted by atomic mass is 19.4. The van der Waals surface area contributed by atoms with E-state index in [9.17, 15) is 13.2 Å². The molecular formula is C20H24F3N7O. The molecule has 1 aliphatic rings. The Labute approximate surface area is 177 Å². The van der Waals surface area contributed by atoms with Gasteiger partial charge in [0, 0.05) is 31.5 Å². The number of ether oxygens (including phenoxy) is 1. The molecule has 1 fully saturated rings. The molecule has 0 N–H and O–H groups in total. The summed E-state index contributed by atoms with van der Waals surface area (Å²) in [5.41, 5.74) is 2.53. The minimum absolute atomic E-state index is 0.189. The van der Waals surface area contributed by atoms with Crippen molar-refractivity contribution in [3.8, 4) is 0 Å². The Kier molecular flexibility index (Phi) is 6.05. The molecule has 0 aliphatic carbocycles. The van der Waals surface area contributed by atoms with Crippen molar-refractivity contribution in [1.82, 2.24) is 29.4 Å². The molecule has 1 saturated heterocycles. The second kappa shape index (κ2) is 8.75. The fourth-order valence-electron chi connectivity index (χ4n) is 3.55. The lowest BCUT2D eigenvalue weighted by atomic mass is 10.2. The van der Waals surface area contributed by atoms with Crippen LogP contribution in [0.5, 0.6) is 0 Å². The van der Waals surface area contributed by atoms with Crippen molar-refractivity contribution in [1.29, 1.82) is 0 Å². The molecule has 0 atom stereocenters. The molecule has 0 amide bonds. The van der Waals surface area contributed by atoms with Crippen LogP contribution in [0, 0.1) is 6.92 Å². The van der Waals surface area contributed by atoms with E-state index in [0.717, 1.165) is 15.8 Å². The van der Waals surface area contributed by atoms with Gasteiger partial charge in [-0.1, -0.05) is 6.07 Å². The molecule has 11 heteroatoms. The summed E-state index contributed by atoms with van der Waals surface area (Å²) in [7, 11) is 1.91. The van der Waals surface area contributed by atoms with Crippen LogP contribution in [0.1, 0.15) is 17.1 Å². The molecule has 0 radical (unpaired) electrons. The van der Waals surface area contributed by atoms with Gasteiger partial charge >= 0.3 is 6.18 Å². The number of nitrogens with zero attached hydrogens (tertiary/aromatic N) is 7. The van der Waals surface area contributed by atoms with Gasteiger partial charge in [-0.2, -0.15) is 13.2 Å². The number of imidazole rings is 1. The zero-order chi connectivity index (χ0) is 22.0. The van der Waals surface area contributed by atoms with Crippen LogP contribution in [0.3, 0.4) is 0 Å². The number of anilines is 1. The van der Waals surface area contributed by atoms with E-state index in [4.69, 9.17) is 4.74 Å². The summed E-state index contributed by atoms with van der Waals surface area (Å²) in [6.07, 6.45) is -1.37. The quantitative estimate of drug-likeness (QED) is 0.589. The Bertz CT molecular complexity index is 1030. The Morgan fingerprint density at radius 3 is 2.55 bits per heavy atom. The van der Waals surface area contributed by atoms with Crippen LogP contribution >= 0.6 is 0 Å². The summed E-state index contributed by atoms with van der Waals surface area (Å²) >= 11 is 0. The number of fused-ring (bicyclic) bond motifs is 1. The molecule has 31 heavy (non-hydrogen) atoms. The molecule has 166 valence electrons. The van der Waals surface area contributed by atoms with E-state index < -0.39 is 12.7 Å². The second-order valence-electron chi connectivity index (χ2n) is 7.70. The van der Waals surface area contributed by atoms with Crippen molar-refractivity contribution in [2.24, 2.45) is 0 Å². The number of rotatable bonds is 6. The van der Waals surface area contributed by atoms with Gasteiger partial charge in [-0.25, -0.2) is 15.0 Å². The van der Waals surface area contributed by atoms with E-state index in [1.165, 1.54) is 6.33 Å². The maximum atomic E-state index is 13.1. The largest absolute Gasteiger partial charge is 0.406 e. The van der Waals surface area contributed by atoms with Crippen molar-refractivity contribution < 1.29 is 17.9 Å². The van der Waals surface area contributed by atoms with Crippen molar-refractivity contribution in [3.05, 3.63) is 41.7 Å². The van der Waals surface area contributed by atoms with Crippen molar-refractivity contribution >= 4 is 17.0 Å². The van der Waals surface area contributed by atoms with Crippen LogP contribution in [0.4, 0.5) is 19.0 Å². The number of pyridine rings is 1. The highest BCUT2D eigenvalue weighted by Gasteiger charge is 2.30. The fraction of sp³-hybridized carbons (Fsp3) is 0.500. The molecular weight excluding hydrogens is 411 g/mol. The Balaban J connectivity index is 1.64. The molecule has 0 bridgehead atoms. The smallest absolute Gasteiger partial charge is 0.378 e. The molecule has 0 unspecified atom stereocenters. The third kappa shape index (κ3) is 5.28. The Morgan fingerprint density at radius 2 is 1.87 bits per heavy atom. The maximum absolute atomic E-state index is 13.1. The molecule has 0 aromatic carbocycles. The lowest BCUT2D eigenvalue weighted by Gasteiger charge is -2.28. The number of hydrogen-bond acceptors (Lipinski definition) is 7. The summed E-state index contributed by atoms with van der Waals surface area (Å²) in [5.74, 6) is 0.995. The van der Waals surface area contributed by atoms with E-state index in [-0.39, 0.29) is 5.65 Å². The first-order chi connectivity index (χ1) is 14.8. The van der Waals surface area contributed by atoms with Gasteiger partial charge in [-0.3, -0.25) is 9.88 Å². The van der Waals surface area contributed by atoms with E-state index in [2.05, 4.69) is 19.9 Å². The Hall–Kier alpha value is -2.79. The van der Waals surface area contributed by atoms with Gasteiger partial charge in [0.05, 0.1) is 26.1 Å². The van der Waals surface area contributed by atoms with Gasteiger partial charge < -0.3 is 14.2 Å². The van der Waals surface area contributed by atoms with Crippen LogP contribution in [0.2, 0.25) is 0 Å². The molecule has 3 aromatic heterocycles. The number of aryl methyl sites for hydroxylation is 1. The van der Waals surface area contributed by atoms with Crippen LogP contribution in [0.15, 0.2) is 24.7 Å². The van der Waals surface area contributed by atoms with Crippen molar-refractivity contribution in [3.63, 3.8) is 0 Å². The third-order valence-corrected chi connectivity index (χ3v) is 4.99. The number of hydrogen-bond donors (Lipinski definition) is 0. The topological polar surface area (TPSA) is 72.2 Å². The van der Waals surface area contributed by atoms with Crippen LogP contribution in [0.25, 0.3) is 11.2 Å². The highest BCUT2D eigenvalue weighted by molar-refractivity contribution is 5.83. The summed E-state index contributed by atoms with van der Waals surface area (Å²) in [4.78, 5) is 21.6. The lowest BCUT2D eigenvalue weighted by Crippen LogP contribution is -2.37. The average Bonchev–Trinajstić information content (AvgIpc) is 3.11. The molecule has 8 nitrogen and oxygen atoms in total. The SMILES string of the molecule is Cc1ccc(CN(C)Cc2nc(N3CCOCC3)c3ncn(CC(F)(F)F)c3n2)cn1. The van der Waals surface area contributed by atoms with Crippen molar-refractivity contribution in [2.45, 2.75) is 32.7 Å². The van der Waals surface area contributed by atoms with Gasteiger partial charge in [-0.05, 0) is 25.6 Å². The summed E-state index contributed by atoms with van der Waals surface area (Å²) in [6.45, 7) is 4.03. The summed E-state index contributed by atoms with van der Waals surface area (Å²) in [6, 6.07) is 3.94. The van der Waals surface area contributed by atoms with Crippen LogP contribution < -0.4 is 4.90 Å². The first kappa shape index (κ1) is 21.4. The first-order valence-electron chi connectivity index (χ1n) is 10.00. The predicted octanol–water partition coefficient (Wildman–Crippen LogP) is 2.56. The predicted molar refractivity (Wildman–Crippen MR) is 109 cm³/mol. The minimum atomic E-state index is -4.37. The van der Waals surface area contributed by atoms with Gasteiger partial charge in [0.1, 0.15) is 12.4 Å². The molecule has 4 heterocycles. The monoisotopic (exact) mass is 435 g/mol. The first-order valence-corrected chi connectivity index (χ1v) is 10.00. The van der Waals surface area contributed by atoms with Crippen LogP contribution in [-0.4, -0.2) is 68.9 Å². The van der Waals surface area contributed by atoms with Crippen LogP contribution in [-0.2, 0) is 24.4 Å². The normalized spacial score (nSPS) is 15.2. The van der Waals surface area contributed by atoms with Crippen molar-refractivity contribution in [2.75, 3.05) is 38.3 Å². The van der Waals surface area contributed by atoms with E-state index in [1.54, 1.807) is 0 Å². The van der Waals surface area contributed by atoms with Gasteiger partial charge in [0.25, 0.3) is 0 Å². The molecule has 4 rings (SSSR count). The maximum Gasteiger partial charge on any atom is 0.406 e. The number of aromatic nitrogens is 5. The van der Waals surface area contributed by atoms with E-state index >= 15 is 0 Å². The Morgan fingerprint density at radius 1 is 1.10 bits per heavy atom. The van der Waals surface area contributed by atoms with Gasteiger partial charge in [-0.15, -0.1) is 0 Å².